The van der Waals surface area contributed by atoms with Crippen LogP contribution in [0.2, 0.25) is 18.1 Å². The lowest BCUT2D eigenvalue weighted by Crippen LogP contribution is -2.44. The average molecular weight is 766 g/mol. The van der Waals surface area contributed by atoms with Crippen molar-refractivity contribution < 1.29 is 42.4 Å². The number of carbonyl (C=O) groups is 2. The van der Waals surface area contributed by atoms with Crippen molar-refractivity contribution in [2.24, 2.45) is 5.92 Å². The predicted octanol–water partition coefficient (Wildman–Crippen LogP) is 10.1. The molecule has 1 fully saturated rings. The largest absolute Gasteiger partial charge is 0.543 e. The summed E-state index contributed by atoms with van der Waals surface area (Å²) in [4.78, 5) is 29.5. The highest BCUT2D eigenvalue weighted by molar-refractivity contribution is 6.74. The van der Waals surface area contributed by atoms with Gasteiger partial charge in [-0.05, 0) is 102 Å². The second-order valence-electron chi connectivity index (χ2n) is 17.2. The maximum absolute atomic E-state index is 14.4. The molecule has 10 nitrogen and oxygen atoms in total. The summed E-state index contributed by atoms with van der Waals surface area (Å²) < 4.78 is 43.8. The molecular weight excluding hydrogens is 703 g/mol. The minimum atomic E-state index is -2.50. The number of amides is 1. The lowest BCUT2D eigenvalue weighted by molar-refractivity contribution is -0.156. The molecule has 0 bridgehead atoms. The molecule has 2 aliphatic rings. The Morgan fingerprint density at radius 2 is 1.67 bits per heavy atom. The normalized spacial score (nSPS) is 24.6. The molecule has 0 N–H and O–H groups in total. The Morgan fingerprint density at radius 1 is 1.00 bits per heavy atom. The van der Waals surface area contributed by atoms with Crippen LogP contribution < -0.4 is 14.1 Å². The summed E-state index contributed by atoms with van der Waals surface area (Å²) in [5.74, 6) is -0.389. The molecule has 1 amide bonds. The van der Waals surface area contributed by atoms with Gasteiger partial charge >= 0.3 is 12.1 Å². The van der Waals surface area contributed by atoms with Gasteiger partial charge in [0.15, 0.2) is 5.79 Å². The SMILES string of the molecule is CCN(C(=O)OC(C)(C)C)c1cc2c(c(O[Si](C)(C)C(C)(C)C)c1)C(=O)O[C@@H](C)[C@H](C)/C=C\[C@@H](OCc1ccc(OC)cc1)[C@H]1OC(C)(C)O[C@H]1C/C=C/2. The van der Waals surface area contributed by atoms with E-state index in [2.05, 4.69) is 33.9 Å². The number of anilines is 1. The van der Waals surface area contributed by atoms with Gasteiger partial charge in [-0.2, -0.15) is 0 Å². The van der Waals surface area contributed by atoms with Gasteiger partial charge < -0.3 is 32.8 Å². The van der Waals surface area contributed by atoms with Gasteiger partial charge in [0, 0.05) is 18.5 Å². The Labute approximate surface area is 324 Å². The highest BCUT2D eigenvalue weighted by atomic mass is 28.4. The Bertz CT molecular complexity index is 1670. The maximum Gasteiger partial charge on any atom is 0.414 e. The maximum atomic E-state index is 14.4. The number of fused-ring (bicyclic) bond motifs is 2. The molecule has 298 valence electrons. The van der Waals surface area contributed by atoms with Gasteiger partial charge in [-0.3, -0.25) is 4.90 Å². The van der Waals surface area contributed by atoms with Crippen LogP contribution in [0.1, 0.15) is 104 Å². The lowest BCUT2D eigenvalue weighted by atomic mass is 9.98. The Hall–Kier alpha value is -3.64. The van der Waals surface area contributed by atoms with E-state index >= 15 is 0 Å². The van der Waals surface area contributed by atoms with Crippen molar-refractivity contribution in [3.8, 4) is 11.5 Å². The summed E-state index contributed by atoms with van der Waals surface area (Å²) in [6.07, 6.45) is 6.07. The van der Waals surface area contributed by atoms with E-state index in [1.807, 2.05) is 110 Å². The van der Waals surface area contributed by atoms with Crippen LogP contribution in [0.4, 0.5) is 10.5 Å². The zero-order chi connectivity index (χ0) is 40.2. The van der Waals surface area contributed by atoms with Crippen molar-refractivity contribution >= 4 is 32.1 Å². The molecule has 2 heterocycles. The van der Waals surface area contributed by atoms with E-state index in [1.54, 1.807) is 18.1 Å². The molecule has 0 aliphatic carbocycles. The van der Waals surface area contributed by atoms with Crippen molar-refractivity contribution in [3.63, 3.8) is 0 Å². The number of carbonyl (C=O) groups excluding carboxylic acids is 2. The molecule has 2 aromatic carbocycles. The van der Waals surface area contributed by atoms with Gasteiger partial charge in [-0.15, -0.1) is 0 Å². The number of ether oxygens (including phenoxy) is 6. The molecule has 4 rings (SSSR count). The summed E-state index contributed by atoms with van der Waals surface area (Å²) in [6.45, 7) is 26.5. The van der Waals surface area contributed by atoms with Crippen LogP contribution in [0.25, 0.3) is 6.08 Å². The third-order valence-corrected chi connectivity index (χ3v) is 14.5. The van der Waals surface area contributed by atoms with Gasteiger partial charge in [0.1, 0.15) is 41.0 Å². The first kappa shape index (κ1) is 43.1. The van der Waals surface area contributed by atoms with Crippen molar-refractivity contribution in [3.05, 3.63) is 71.3 Å². The van der Waals surface area contributed by atoms with Crippen LogP contribution in [-0.2, 0) is 30.3 Å². The second kappa shape index (κ2) is 17.0. The molecule has 0 unspecified atom stereocenters. The van der Waals surface area contributed by atoms with Crippen molar-refractivity contribution in [1.29, 1.82) is 0 Å². The molecule has 11 heteroatoms. The fraction of sp³-hybridized carbons (Fsp3) is 0.581. The third kappa shape index (κ3) is 11.0. The number of hydrogen-bond acceptors (Lipinski definition) is 9. The van der Waals surface area contributed by atoms with Crippen LogP contribution in [0.5, 0.6) is 11.5 Å². The van der Waals surface area contributed by atoms with E-state index in [0.29, 0.717) is 42.1 Å². The van der Waals surface area contributed by atoms with Gasteiger partial charge in [-0.25, -0.2) is 9.59 Å². The number of hydrogen-bond donors (Lipinski definition) is 0. The van der Waals surface area contributed by atoms with E-state index in [4.69, 9.17) is 32.8 Å². The van der Waals surface area contributed by atoms with Crippen LogP contribution in [0.3, 0.4) is 0 Å². The number of cyclic esters (lactones) is 1. The first-order valence-corrected chi connectivity index (χ1v) is 22.0. The number of nitrogens with zero attached hydrogens (tertiary/aromatic N) is 1. The Kier molecular flexibility index (Phi) is 13.6. The fourth-order valence-corrected chi connectivity index (χ4v) is 6.99. The van der Waals surface area contributed by atoms with Crippen LogP contribution >= 0.6 is 0 Å². The minimum absolute atomic E-state index is 0.174. The monoisotopic (exact) mass is 765 g/mol. The predicted molar refractivity (Wildman–Crippen MR) is 216 cm³/mol. The molecule has 0 spiro atoms. The van der Waals surface area contributed by atoms with Crippen LogP contribution in [-0.4, -0.2) is 69.8 Å². The van der Waals surface area contributed by atoms with Crippen molar-refractivity contribution in [1.82, 2.24) is 0 Å². The summed E-state index contributed by atoms with van der Waals surface area (Å²) in [5, 5.41) is -0.174. The fourth-order valence-electron chi connectivity index (χ4n) is 5.97. The minimum Gasteiger partial charge on any atom is -0.543 e. The zero-order valence-corrected chi connectivity index (χ0v) is 35.9. The molecule has 0 radical (unpaired) electrons. The highest BCUT2D eigenvalue weighted by Gasteiger charge is 2.45. The average Bonchev–Trinajstić information content (AvgIpc) is 3.36. The quantitative estimate of drug-likeness (QED) is 0.148. The van der Waals surface area contributed by atoms with Crippen LogP contribution in [0.15, 0.2) is 54.6 Å². The topological polar surface area (TPSA) is 102 Å². The molecule has 54 heavy (non-hydrogen) atoms. The van der Waals surface area contributed by atoms with Crippen molar-refractivity contribution in [2.75, 3.05) is 18.6 Å². The highest BCUT2D eigenvalue weighted by Crippen LogP contribution is 2.41. The zero-order valence-electron chi connectivity index (χ0n) is 34.9. The molecular formula is C43H63NO9Si. The summed E-state index contributed by atoms with van der Waals surface area (Å²) in [7, 11) is -0.855. The van der Waals surface area contributed by atoms with Gasteiger partial charge in [0.2, 0.25) is 0 Å². The molecule has 0 saturated carbocycles. The summed E-state index contributed by atoms with van der Waals surface area (Å²) in [5.41, 5.74) is 1.70. The summed E-state index contributed by atoms with van der Waals surface area (Å²) in [6, 6.07) is 11.4. The summed E-state index contributed by atoms with van der Waals surface area (Å²) >= 11 is 0. The first-order valence-electron chi connectivity index (χ1n) is 19.1. The first-order chi connectivity index (χ1) is 25.0. The van der Waals surface area contributed by atoms with Crippen LogP contribution in [0, 0.1) is 5.92 Å². The van der Waals surface area contributed by atoms with Gasteiger partial charge in [0.25, 0.3) is 8.32 Å². The van der Waals surface area contributed by atoms with E-state index in [0.717, 1.165) is 11.3 Å². The second-order valence-corrected chi connectivity index (χ2v) is 22.0. The molecule has 5 atom stereocenters. The van der Waals surface area contributed by atoms with Crippen molar-refractivity contribution in [2.45, 2.75) is 143 Å². The molecule has 1 saturated heterocycles. The Morgan fingerprint density at radius 3 is 2.26 bits per heavy atom. The van der Waals surface area contributed by atoms with E-state index in [1.165, 1.54) is 0 Å². The van der Waals surface area contributed by atoms with Gasteiger partial charge in [-0.1, -0.05) is 64.1 Å². The number of esters is 1. The van der Waals surface area contributed by atoms with E-state index in [-0.39, 0.29) is 17.1 Å². The molecule has 2 aromatic rings. The number of benzene rings is 2. The van der Waals surface area contributed by atoms with E-state index in [9.17, 15) is 9.59 Å². The standard InChI is InChI=1S/C43H63NO9Si/c1-15-44(40(46)52-41(4,5)6)32-25-31-17-16-18-35-38(51-43(10,11)50-35)34(48-27-30-20-22-33(47-12)23-21-30)24-19-28(2)29(3)49-39(45)37(31)36(26-32)53-54(13,14)42(7,8)9/h16-17,19-26,28-29,34-35,38H,15,18,27H2,1-14H3/b17-16+,24-19-/t28-,29+,34-,35+,38-/m1/s1. The third-order valence-electron chi connectivity index (χ3n) is 10.2. The van der Waals surface area contributed by atoms with E-state index < -0.39 is 50.1 Å². The molecule has 0 aromatic heterocycles. The smallest absolute Gasteiger partial charge is 0.414 e. The number of methoxy groups -OCH3 is 1. The lowest BCUT2D eigenvalue weighted by Gasteiger charge is -2.37. The van der Waals surface area contributed by atoms with Gasteiger partial charge in [0.05, 0.1) is 25.5 Å². The Balaban J connectivity index is 1.83. The molecule has 2 aliphatic heterocycles. The number of rotatable bonds is 8.